The molecule has 0 saturated heterocycles. The first-order valence-electron chi connectivity index (χ1n) is 12.0. The Kier molecular flexibility index (Phi) is 7.90. The molecule has 0 N–H and O–H groups in total. The molecule has 0 aliphatic carbocycles. The van der Waals surface area contributed by atoms with E-state index < -0.39 is 0 Å². The number of fused-ring (bicyclic) bond motifs is 1. The molecule has 0 atom stereocenters. The average Bonchev–Trinajstić information content (AvgIpc) is 3.22. The molecular formula is C26H34N6O2. The van der Waals surface area contributed by atoms with Gasteiger partial charge in [0.15, 0.2) is 5.89 Å². The topological polar surface area (TPSA) is 78.6 Å². The van der Waals surface area contributed by atoms with Crippen molar-refractivity contribution in [3.8, 4) is 0 Å². The van der Waals surface area contributed by atoms with Crippen LogP contribution in [0.5, 0.6) is 0 Å². The number of para-hydroxylation sites is 1. The lowest BCUT2D eigenvalue weighted by Gasteiger charge is -2.28. The summed E-state index contributed by atoms with van der Waals surface area (Å²) in [4.78, 5) is 33.3. The van der Waals surface area contributed by atoms with Gasteiger partial charge in [0, 0.05) is 70.7 Å². The molecule has 0 bridgehead atoms. The molecule has 8 nitrogen and oxygen atoms in total. The van der Waals surface area contributed by atoms with E-state index in [1.807, 2.05) is 30.0 Å². The number of carbonyl (C=O) groups excluding carboxylic acids is 1. The number of rotatable bonds is 5. The number of hydrogen-bond acceptors (Lipinski definition) is 7. The molecule has 0 radical (unpaired) electrons. The quantitative estimate of drug-likeness (QED) is 0.566. The fraction of sp³-hybridized carbons (Fsp3) is 0.462. The number of nitrogens with zero attached hydrogens (tertiary/aromatic N) is 6. The molecular weight excluding hydrogens is 428 g/mol. The van der Waals surface area contributed by atoms with E-state index in [0.29, 0.717) is 37.9 Å². The smallest absolute Gasteiger partial charge is 0.227 e. The molecule has 0 saturated carbocycles. The van der Waals surface area contributed by atoms with Crippen LogP contribution in [-0.2, 0) is 17.9 Å². The van der Waals surface area contributed by atoms with Crippen LogP contribution in [0.25, 0.3) is 0 Å². The summed E-state index contributed by atoms with van der Waals surface area (Å²) in [5.74, 6) is 1.86. The number of oxazole rings is 1. The number of aromatic nitrogens is 3. The molecule has 3 aromatic rings. The van der Waals surface area contributed by atoms with Gasteiger partial charge in [-0.25, -0.2) is 15.0 Å². The molecule has 3 heterocycles. The van der Waals surface area contributed by atoms with E-state index in [2.05, 4.69) is 50.7 Å². The van der Waals surface area contributed by atoms with Gasteiger partial charge < -0.3 is 14.2 Å². The highest BCUT2D eigenvalue weighted by Gasteiger charge is 2.23. The Labute approximate surface area is 201 Å². The zero-order chi connectivity index (χ0) is 23.9. The summed E-state index contributed by atoms with van der Waals surface area (Å²) in [6.07, 6.45) is 6.64. The Bertz CT molecular complexity index is 1070. The third-order valence-electron chi connectivity index (χ3n) is 5.94. The van der Waals surface area contributed by atoms with Crippen LogP contribution >= 0.6 is 0 Å². The second kappa shape index (κ2) is 11.2. The third-order valence-corrected chi connectivity index (χ3v) is 5.94. The maximum Gasteiger partial charge on any atom is 0.227 e. The van der Waals surface area contributed by atoms with E-state index in [-0.39, 0.29) is 5.91 Å². The number of hydrogen-bond donors (Lipinski definition) is 0. The molecule has 1 aliphatic rings. The van der Waals surface area contributed by atoms with Gasteiger partial charge in [0.1, 0.15) is 6.26 Å². The lowest BCUT2D eigenvalue weighted by atomic mass is 10.1. The Morgan fingerprint density at radius 2 is 1.85 bits per heavy atom. The fourth-order valence-electron chi connectivity index (χ4n) is 4.36. The SMILES string of the molecule is Cc1nc(CN2CCN(c3ncccn3)CCCN(C(=O)CC(C)C)c3ccccc3C2)co1. The van der Waals surface area contributed by atoms with Gasteiger partial charge in [-0.2, -0.15) is 0 Å². The lowest BCUT2D eigenvalue weighted by molar-refractivity contribution is -0.119. The third kappa shape index (κ3) is 6.20. The normalized spacial score (nSPS) is 15.8. The van der Waals surface area contributed by atoms with Crippen LogP contribution in [0.3, 0.4) is 0 Å². The minimum absolute atomic E-state index is 0.169. The van der Waals surface area contributed by atoms with E-state index in [1.54, 1.807) is 18.7 Å². The molecule has 0 fully saturated rings. The van der Waals surface area contributed by atoms with Crippen LogP contribution in [0.2, 0.25) is 0 Å². The summed E-state index contributed by atoms with van der Waals surface area (Å²) in [6, 6.07) is 10.1. The number of amides is 1. The van der Waals surface area contributed by atoms with Gasteiger partial charge in [0.25, 0.3) is 0 Å². The van der Waals surface area contributed by atoms with Gasteiger partial charge in [-0.3, -0.25) is 9.69 Å². The Hall–Kier alpha value is -3.26. The zero-order valence-electron chi connectivity index (χ0n) is 20.4. The average molecular weight is 463 g/mol. The van der Waals surface area contributed by atoms with Crippen LogP contribution < -0.4 is 9.80 Å². The molecule has 0 unspecified atom stereocenters. The highest BCUT2D eigenvalue weighted by atomic mass is 16.3. The second-order valence-corrected chi connectivity index (χ2v) is 9.23. The van der Waals surface area contributed by atoms with Gasteiger partial charge in [-0.15, -0.1) is 0 Å². The van der Waals surface area contributed by atoms with Crippen LogP contribution in [0.4, 0.5) is 11.6 Å². The Balaban J connectivity index is 1.66. The van der Waals surface area contributed by atoms with Crippen molar-refractivity contribution < 1.29 is 9.21 Å². The molecule has 1 aliphatic heterocycles. The van der Waals surface area contributed by atoms with Crippen molar-refractivity contribution in [3.63, 3.8) is 0 Å². The summed E-state index contributed by atoms with van der Waals surface area (Å²) in [7, 11) is 0. The molecule has 1 aromatic carbocycles. The van der Waals surface area contributed by atoms with E-state index in [0.717, 1.165) is 48.9 Å². The predicted molar refractivity (Wildman–Crippen MR) is 132 cm³/mol. The van der Waals surface area contributed by atoms with Gasteiger partial charge in [0.05, 0.1) is 5.69 Å². The fourth-order valence-corrected chi connectivity index (χ4v) is 4.36. The first-order valence-corrected chi connectivity index (χ1v) is 12.0. The number of anilines is 2. The first-order chi connectivity index (χ1) is 16.5. The van der Waals surface area contributed by atoms with Gasteiger partial charge >= 0.3 is 0 Å². The Morgan fingerprint density at radius 1 is 1.06 bits per heavy atom. The molecule has 2 aromatic heterocycles. The highest BCUT2D eigenvalue weighted by molar-refractivity contribution is 5.94. The molecule has 1 amide bonds. The van der Waals surface area contributed by atoms with Crippen molar-refractivity contribution in [2.45, 2.75) is 46.7 Å². The number of benzene rings is 1. The summed E-state index contributed by atoms with van der Waals surface area (Å²) in [5, 5.41) is 0. The van der Waals surface area contributed by atoms with Gasteiger partial charge in [-0.05, 0) is 30.0 Å². The van der Waals surface area contributed by atoms with E-state index in [1.165, 1.54) is 0 Å². The van der Waals surface area contributed by atoms with Crippen molar-refractivity contribution >= 4 is 17.5 Å². The monoisotopic (exact) mass is 462 g/mol. The lowest BCUT2D eigenvalue weighted by Crippen LogP contribution is -2.37. The summed E-state index contributed by atoms with van der Waals surface area (Å²) in [5.41, 5.74) is 3.04. The largest absolute Gasteiger partial charge is 0.449 e. The van der Waals surface area contributed by atoms with E-state index in [9.17, 15) is 4.79 Å². The summed E-state index contributed by atoms with van der Waals surface area (Å²) in [6.45, 7) is 10.4. The number of carbonyl (C=O) groups is 1. The van der Waals surface area contributed by atoms with Crippen molar-refractivity contribution in [3.05, 3.63) is 66.1 Å². The summed E-state index contributed by atoms with van der Waals surface area (Å²) < 4.78 is 5.45. The van der Waals surface area contributed by atoms with Gasteiger partial charge in [0.2, 0.25) is 11.9 Å². The van der Waals surface area contributed by atoms with Crippen LogP contribution in [-0.4, -0.2) is 51.9 Å². The van der Waals surface area contributed by atoms with Crippen molar-refractivity contribution in [1.82, 2.24) is 19.9 Å². The van der Waals surface area contributed by atoms with Gasteiger partial charge in [-0.1, -0.05) is 32.0 Å². The van der Waals surface area contributed by atoms with E-state index >= 15 is 0 Å². The van der Waals surface area contributed by atoms with Crippen molar-refractivity contribution in [1.29, 1.82) is 0 Å². The minimum atomic E-state index is 0.169. The molecule has 4 rings (SSSR count). The second-order valence-electron chi connectivity index (χ2n) is 9.23. The molecule has 34 heavy (non-hydrogen) atoms. The number of aryl methyl sites for hydroxylation is 1. The van der Waals surface area contributed by atoms with E-state index in [4.69, 9.17) is 4.42 Å². The maximum absolute atomic E-state index is 13.3. The van der Waals surface area contributed by atoms with Crippen LogP contribution in [0.15, 0.2) is 53.4 Å². The standard InChI is InChI=1S/C26H34N6O2/c1-20(2)16-25(33)32-13-7-12-31(26-27-10-6-11-28-26)15-14-30(18-23-19-34-21(3)29-23)17-22-8-4-5-9-24(22)32/h4-6,8-11,19-20H,7,12-18H2,1-3H3. The van der Waals surface area contributed by atoms with Crippen LogP contribution in [0, 0.1) is 12.8 Å². The zero-order valence-corrected chi connectivity index (χ0v) is 20.4. The Morgan fingerprint density at radius 3 is 2.59 bits per heavy atom. The van der Waals surface area contributed by atoms with Crippen molar-refractivity contribution in [2.24, 2.45) is 5.92 Å². The highest BCUT2D eigenvalue weighted by Crippen LogP contribution is 2.26. The minimum Gasteiger partial charge on any atom is -0.449 e. The van der Waals surface area contributed by atoms with Crippen molar-refractivity contribution in [2.75, 3.05) is 36.0 Å². The first kappa shape index (κ1) is 23.9. The van der Waals surface area contributed by atoms with Crippen LogP contribution in [0.1, 0.15) is 43.8 Å². The predicted octanol–water partition coefficient (Wildman–Crippen LogP) is 4.06. The molecule has 180 valence electrons. The molecule has 0 spiro atoms. The maximum atomic E-state index is 13.3. The summed E-state index contributed by atoms with van der Waals surface area (Å²) >= 11 is 0. The molecule has 8 heteroatoms.